The van der Waals surface area contributed by atoms with E-state index in [4.69, 9.17) is 0 Å². The van der Waals surface area contributed by atoms with Crippen molar-refractivity contribution in [3.8, 4) is 0 Å². The summed E-state index contributed by atoms with van der Waals surface area (Å²) in [7, 11) is 0. The first-order valence-corrected chi connectivity index (χ1v) is 7.90. The molecule has 1 aromatic carbocycles. The number of fused-ring (bicyclic) bond motifs is 2. The van der Waals surface area contributed by atoms with Crippen LogP contribution in [0.4, 0.5) is 0 Å². The van der Waals surface area contributed by atoms with E-state index in [1.54, 1.807) is 0 Å². The maximum Gasteiger partial charge on any atom is 0.230 e. The maximum absolute atomic E-state index is 12.7. The molecule has 1 aromatic rings. The first-order valence-electron chi connectivity index (χ1n) is 7.90. The Morgan fingerprint density at radius 1 is 1.10 bits per heavy atom. The molecule has 3 atom stereocenters. The zero-order valence-corrected chi connectivity index (χ0v) is 13.1. The van der Waals surface area contributed by atoms with Crippen LogP contribution >= 0.6 is 12.4 Å². The highest BCUT2D eigenvalue weighted by atomic mass is 35.5. The van der Waals surface area contributed by atoms with Gasteiger partial charge in [0.25, 0.3) is 0 Å². The Morgan fingerprint density at radius 2 is 1.76 bits per heavy atom. The average Bonchev–Trinajstić information content (AvgIpc) is 2.79. The van der Waals surface area contributed by atoms with Crippen molar-refractivity contribution in [2.24, 2.45) is 11.8 Å². The Kier molecular flexibility index (Phi) is 4.23. The quantitative estimate of drug-likeness (QED) is 0.863. The van der Waals surface area contributed by atoms with Crippen LogP contribution in [0.3, 0.4) is 0 Å². The summed E-state index contributed by atoms with van der Waals surface area (Å²) in [5.41, 5.74) is 2.63. The second-order valence-electron chi connectivity index (χ2n) is 6.54. The molecule has 1 N–H and O–H groups in total. The van der Waals surface area contributed by atoms with Crippen LogP contribution in [0.25, 0.3) is 0 Å². The van der Waals surface area contributed by atoms with Crippen molar-refractivity contribution < 1.29 is 4.79 Å². The van der Waals surface area contributed by atoms with Gasteiger partial charge in [-0.3, -0.25) is 4.79 Å². The molecule has 2 fully saturated rings. The van der Waals surface area contributed by atoms with Gasteiger partial charge in [0.1, 0.15) is 0 Å². The number of halogens is 1. The number of carbonyl (C=O) groups excluding carboxylic acids is 1. The van der Waals surface area contributed by atoms with Crippen LogP contribution < -0.4 is 5.32 Å². The van der Waals surface area contributed by atoms with Crippen LogP contribution in [0.15, 0.2) is 24.3 Å². The van der Waals surface area contributed by atoms with E-state index in [1.807, 2.05) is 0 Å². The first-order chi connectivity index (χ1) is 9.83. The number of benzene rings is 1. The van der Waals surface area contributed by atoms with Gasteiger partial charge in [-0.15, -0.1) is 12.4 Å². The number of rotatable bonds is 1. The Labute approximate surface area is 132 Å². The molecule has 0 saturated carbocycles. The molecule has 4 heteroatoms. The second-order valence-corrected chi connectivity index (χ2v) is 6.54. The molecule has 2 aliphatic heterocycles. The summed E-state index contributed by atoms with van der Waals surface area (Å²) in [5.74, 6) is 2.10. The van der Waals surface area contributed by atoms with Gasteiger partial charge in [-0.05, 0) is 55.3 Å². The molecule has 21 heavy (non-hydrogen) atoms. The van der Waals surface area contributed by atoms with Crippen molar-refractivity contribution >= 4 is 18.3 Å². The molecule has 114 valence electrons. The number of likely N-dealkylation sites (tertiary alicyclic amines) is 1. The molecular formula is C17H23ClN2O. The van der Waals surface area contributed by atoms with Crippen molar-refractivity contribution in [3.63, 3.8) is 0 Å². The van der Waals surface area contributed by atoms with E-state index in [0.29, 0.717) is 5.91 Å². The van der Waals surface area contributed by atoms with Gasteiger partial charge in [0.15, 0.2) is 0 Å². The van der Waals surface area contributed by atoms with Gasteiger partial charge >= 0.3 is 0 Å². The molecular weight excluding hydrogens is 284 g/mol. The lowest BCUT2D eigenvalue weighted by atomic mass is 9.77. The number of nitrogens with zero attached hydrogens (tertiary/aromatic N) is 1. The minimum atomic E-state index is 0. The van der Waals surface area contributed by atoms with E-state index in [-0.39, 0.29) is 18.3 Å². The molecule has 1 aliphatic carbocycles. The molecule has 0 spiro atoms. The highest BCUT2D eigenvalue weighted by Crippen LogP contribution is 2.37. The van der Waals surface area contributed by atoms with Gasteiger partial charge in [-0.2, -0.15) is 0 Å². The summed E-state index contributed by atoms with van der Waals surface area (Å²) in [5, 5.41) is 3.49. The molecule has 2 heterocycles. The number of hydrogen-bond donors (Lipinski definition) is 1. The monoisotopic (exact) mass is 306 g/mol. The predicted octanol–water partition coefficient (Wildman–Crippen LogP) is 2.21. The summed E-state index contributed by atoms with van der Waals surface area (Å²) in [6.45, 7) is 4.22. The van der Waals surface area contributed by atoms with Crippen LogP contribution in [0.2, 0.25) is 0 Å². The summed E-state index contributed by atoms with van der Waals surface area (Å²) >= 11 is 0. The van der Waals surface area contributed by atoms with E-state index in [1.165, 1.54) is 24.0 Å². The fourth-order valence-corrected chi connectivity index (χ4v) is 4.14. The topological polar surface area (TPSA) is 32.3 Å². The van der Waals surface area contributed by atoms with E-state index in [2.05, 4.69) is 34.5 Å². The third-order valence-corrected chi connectivity index (χ3v) is 5.48. The lowest BCUT2D eigenvalue weighted by molar-refractivity contribution is -0.133. The Hall–Kier alpha value is -1.06. The van der Waals surface area contributed by atoms with Crippen molar-refractivity contribution in [1.82, 2.24) is 10.2 Å². The first kappa shape index (κ1) is 14.9. The highest BCUT2D eigenvalue weighted by Gasteiger charge is 2.37. The normalized spacial score (nSPS) is 30.5. The SMILES string of the molecule is Cl.O=C(C1Cc2ccccc21)N1CC[C@@H]2CNC[C@@H]2CC1. The second kappa shape index (κ2) is 5.98. The van der Waals surface area contributed by atoms with Crippen molar-refractivity contribution in [3.05, 3.63) is 35.4 Å². The van der Waals surface area contributed by atoms with Crippen LogP contribution in [-0.4, -0.2) is 37.0 Å². The molecule has 4 rings (SSSR count). The van der Waals surface area contributed by atoms with E-state index in [9.17, 15) is 4.79 Å². The third-order valence-electron chi connectivity index (χ3n) is 5.48. The van der Waals surface area contributed by atoms with Crippen molar-refractivity contribution in [2.75, 3.05) is 26.2 Å². The van der Waals surface area contributed by atoms with E-state index < -0.39 is 0 Å². The van der Waals surface area contributed by atoms with Crippen molar-refractivity contribution in [2.45, 2.75) is 25.2 Å². The molecule has 1 amide bonds. The van der Waals surface area contributed by atoms with Crippen LogP contribution in [0.1, 0.15) is 29.9 Å². The Bertz CT molecular complexity index is 519. The maximum atomic E-state index is 12.7. The molecule has 0 bridgehead atoms. The molecule has 0 aromatic heterocycles. The fourth-order valence-electron chi connectivity index (χ4n) is 4.14. The Balaban J connectivity index is 0.00000132. The smallest absolute Gasteiger partial charge is 0.230 e. The molecule has 2 saturated heterocycles. The van der Waals surface area contributed by atoms with Gasteiger partial charge in [0.2, 0.25) is 5.91 Å². The minimum absolute atomic E-state index is 0. The summed E-state index contributed by atoms with van der Waals surface area (Å²) in [4.78, 5) is 14.9. The minimum Gasteiger partial charge on any atom is -0.342 e. The van der Waals surface area contributed by atoms with Gasteiger partial charge in [0.05, 0.1) is 5.92 Å². The van der Waals surface area contributed by atoms with Crippen LogP contribution in [0, 0.1) is 11.8 Å². The van der Waals surface area contributed by atoms with Gasteiger partial charge in [-0.1, -0.05) is 24.3 Å². The van der Waals surface area contributed by atoms with Crippen LogP contribution in [-0.2, 0) is 11.2 Å². The number of carbonyl (C=O) groups is 1. The predicted molar refractivity (Wildman–Crippen MR) is 85.8 cm³/mol. The van der Waals surface area contributed by atoms with Gasteiger partial charge in [0, 0.05) is 13.1 Å². The number of nitrogens with one attached hydrogen (secondary N) is 1. The Morgan fingerprint density at radius 3 is 2.43 bits per heavy atom. The molecule has 3 nitrogen and oxygen atoms in total. The summed E-state index contributed by atoms with van der Waals surface area (Å²) < 4.78 is 0. The third kappa shape index (κ3) is 2.58. The fraction of sp³-hybridized carbons (Fsp3) is 0.588. The van der Waals surface area contributed by atoms with E-state index in [0.717, 1.165) is 44.4 Å². The van der Waals surface area contributed by atoms with E-state index >= 15 is 0 Å². The zero-order valence-electron chi connectivity index (χ0n) is 12.3. The highest BCUT2D eigenvalue weighted by molar-refractivity contribution is 5.87. The average molecular weight is 307 g/mol. The van der Waals surface area contributed by atoms with Crippen LogP contribution in [0.5, 0.6) is 0 Å². The number of amides is 1. The standard InChI is InChI=1S/C17H22N2O.ClH/c20-17(16-9-12-3-1-2-4-15(12)16)19-7-5-13-10-18-11-14(13)6-8-19;/h1-4,13-14,16,18H,5-11H2;1H/t13-,14+,16?;. The number of hydrogen-bond acceptors (Lipinski definition) is 2. The lowest BCUT2D eigenvalue weighted by Crippen LogP contribution is -2.40. The lowest BCUT2D eigenvalue weighted by Gasteiger charge is -2.33. The summed E-state index contributed by atoms with van der Waals surface area (Å²) in [6, 6.07) is 8.39. The molecule has 3 aliphatic rings. The molecule has 0 radical (unpaired) electrons. The van der Waals surface area contributed by atoms with Gasteiger partial charge < -0.3 is 10.2 Å². The largest absolute Gasteiger partial charge is 0.342 e. The van der Waals surface area contributed by atoms with Gasteiger partial charge in [-0.25, -0.2) is 0 Å². The zero-order chi connectivity index (χ0) is 13.5. The molecule has 1 unspecified atom stereocenters. The van der Waals surface area contributed by atoms with Crippen molar-refractivity contribution in [1.29, 1.82) is 0 Å². The summed E-state index contributed by atoms with van der Waals surface area (Å²) in [6.07, 6.45) is 3.30.